The predicted molar refractivity (Wildman–Crippen MR) is 51.6 cm³/mol. The number of hydrogen-bond acceptors (Lipinski definition) is 3. The van der Waals surface area contributed by atoms with Gasteiger partial charge in [0.25, 0.3) is 6.54 Å². The monoisotopic (exact) mass is 193 g/mol. The minimum absolute atomic E-state index is 0.241. The van der Waals surface area contributed by atoms with E-state index in [2.05, 4.69) is 0 Å². The number of Topliss-reactive ketones (excluding diaryl/α,β-unsaturated/α-hetero) is 1. The fourth-order valence-corrected chi connectivity index (χ4v) is 1.15. The third-order valence-corrected chi connectivity index (χ3v) is 1.84. The molecule has 1 aromatic carbocycles. The van der Waals surface area contributed by atoms with Gasteiger partial charge in [0.1, 0.15) is 0 Å². The molecule has 4 heteroatoms. The highest BCUT2D eigenvalue weighted by molar-refractivity contribution is 5.79. The van der Waals surface area contributed by atoms with Gasteiger partial charge in [0.05, 0.1) is 0 Å². The quantitative estimate of drug-likeness (QED) is 0.525. The maximum absolute atomic E-state index is 11.0. The van der Waals surface area contributed by atoms with Gasteiger partial charge in [-0.15, -0.1) is 0 Å². The van der Waals surface area contributed by atoms with E-state index in [1.807, 2.05) is 30.3 Å². The number of aryl methyl sites for hydroxylation is 1. The maximum atomic E-state index is 11.0. The van der Waals surface area contributed by atoms with Gasteiger partial charge in [-0.1, -0.05) is 30.3 Å². The SMILES string of the molecule is O=C(CCc1ccccc1)C[N+](=O)[O-]. The average molecular weight is 193 g/mol. The zero-order chi connectivity index (χ0) is 10.4. The third-order valence-electron chi connectivity index (χ3n) is 1.84. The molecule has 0 atom stereocenters. The average Bonchev–Trinajstić information content (AvgIpc) is 2.15. The van der Waals surface area contributed by atoms with Crippen LogP contribution in [0.4, 0.5) is 0 Å². The lowest BCUT2D eigenvalue weighted by atomic mass is 10.1. The highest BCUT2D eigenvalue weighted by Crippen LogP contribution is 2.02. The van der Waals surface area contributed by atoms with Crippen LogP contribution < -0.4 is 0 Å². The number of nitro groups is 1. The van der Waals surface area contributed by atoms with Crippen LogP contribution in [-0.2, 0) is 11.2 Å². The molecule has 0 spiro atoms. The minimum Gasteiger partial charge on any atom is -0.292 e. The first-order valence-corrected chi connectivity index (χ1v) is 4.36. The molecule has 0 saturated heterocycles. The van der Waals surface area contributed by atoms with Crippen LogP contribution in [0, 0.1) is 10.1 Å². The summed E-state index contributed by atoms with van der Waals surface area (Å²) in [6.45, 7) is -0.563. The molecule has 0 radical (unpaired) electrons. The summed E-state index contributed by atoms with van der Waals surface area (Å²) >= 11 is 0. The fourth-order valence-electron chi connectivity index (χ4n) is 1.15. The molecule has 14 heavy (non-hydrogen) atoms. The third kappa shape index (κ3) is 3.80. The summed E-state index contributed by atoms with van der Waals surface area (Å²) in [5.41, 5.74) is 1.03. The second-order valence-electron chi connectivity index (χ2n) is 3.02. The standard InChI is InChI=1S/C10H11NO3/c12-10(8-11(13)14)7-6-9-4-2-1-3-5-9/h1-5H,6-8H2. The first-order valence-electron chi connectivity index (χ1n) is 4.36. The van der Waals surface area contributed by atoms with Crippen molar-refractivity contribution >= 4 is 5.78 Å². The largest absolute Gasteiger partial charge is 0.292 e. The van der Waals surface area contributed by atoms with E-state index < -0.39 is 11.5 Å². The number of carbonyl (C=O) groups is 1. The Morgan fingerprint density at radius 1 is 1.29 bits per heavy atom. The Bertz CT molecular complexity index is 321. The second kappa shape index (κ2) is 5.11. The maximum Gasteiger partial charge on any atom is 0.261 e. The molecular formula is C10H11NO3. The summed E-state index contributed by atoms with van der Waals surface area (Å²) in [5.74, 6) is -0.321. The van der Waals surface area contributed by atoms with Gasteiger partial charge >= 0.3 is 0 Å². The molecule has 0 amide bonds. The lowest BCUT2D eigenvalue weighted by Crippen LogP contribution is -2.13. The Labute approximate surface area is 81.7 Å². The lowest BCUT2D eigenvalue weighted by molar-refractivity contribution is -0.467. The van der Waals surface area contributed by atoms with Gasteiger partial charge in [0.15, 0.2) is 0 Å². The lowest BCUT2D eigenvalue weighted by Gasteiger charge is -1.97. The Balaban J connectivity index is 2.34. The highest BCUT2D eigenvalue weighted by Gasteiger charge is 2.08. The Morgan fingerprint density at radius 3 is 2.50 bits per heavy atom. The van der Waals surface area contributed by atoms with Crippen molar-refractivity contribution in [3.8, 4) is 0 Å². The first kappa shape index (κ1) is 10.4. The van der Waals surface area contributed by atoms with Crippen molar-refractivity contribution in [3.63, 3.8) is 0 Å². The number of rotatable bonds is 5. The zero-order valence-corrected chi connectivity index (χ0v) is 7.68. The first-order chi connectivity index (χ1) is 6.68. The van der Waals surface area contributed by atoms with Crippen molar-refractivity contribution in [1.29, 1.82) is 0 Å². The van der Waals surface area contributed by atoms with E-state index in [-0.39, 0.29) is 12.2 Å². The highest BCUT2D eigenvalue weighted by atomic mass is 16.6. The summed E-state index contributed by atoms with van der Waals surface area (Å²) in [5, 5.41) is 10.0. The van der Waals surface area contributed by atoms with Crippen LogP contribution in [0.1, 0.15) is 12.0 Å². The minimum atomic E-state index is -0.590. The van der Waals surface area contributed by atoms with Gasteiger partial charge in [-0.2, -0.15) is 0 Å². The van der Waals surface area contributed by atoms with Crippen LogP contribution in [0.5, 0.6) is 0 Å². The number of nitrogens with zero attached hydrogens (tertiary/aromatic N) is 1. The Morgan fingerprint density at radius 2 is 1.93 bits per heavy atom. The molecule has 0 unspecified atom stereocenters. The van der Waals surface area contributed by atoms with Crippen molar-refractivity contribution in [2.24, 2.45) is 0 Å². The number of carbonyl (C=O) groups excluding carboxylic acids is 1. The molecule has 1 aromatic rings. The van der Waals surface area contributed by atoms with Gasteiger partial charge in [0.2, 0.25) is 5.78 Å². The van der Waals surface area contributed by atoms with Crippen molar-refractivity contribution in [2.45, 2.75) is 12.8 Å². The molecule has 1 rings (SSSR count). The molecule has 74 valence electrons. The zero-order valence-electron chi connectivity index (χ0n) is 7.68. The molecule has 0 aromatic heterocycles. The van der Waals surface area contributed by atoms with Gasteiger partial charge in [-0.25, -0.2) is 0 Å². The normalized spacial score (nSPS) is 9.71. The summed E-state index contributed by atoms with van der Waals surface area (Å²) in [7, 11) is 0. The van der Waals surface area contributed by atoms with Crippen LogP contribution >= 0.6 is 0 Å². The van der Waals surface area contributed by atoms with Crippen LogP contribution in [-0.4, -0.2) is 17.3 Å². The molecular weight excluding hydrogens is 182 g/mol. The van der Waals surface area contributed by atoms with Crippen molar-refractivity contribution in [2.75, 3.05) is 6.54 Å². The van der Waals surface area contributed by atoms with Crippen LogP contribution in [0.2, 0.25) is 0 Å². The second-order valence-corrected chi connectivity index (χ2v) is 3.02. The van der Waals surface area contributed by atoms with Gasteiger partial charge < -0.3 is 0 Å². The van der Waals surface area contributed by atoms with Gasteiger partial charge in [-0.05, 0) is 12.0 Å². The van der Waals surface area contributed by atoms with E-state index in [1.54, 1.807) is 0 Å². The van der Waals surface area contributed by atoms with Crippen LogP contribution in [0.25, 0.3) is 0 Å². The van der Waals surface area contributed by atoms with E-state index in [1.165, 1.54) is 0 Å². The molecule has 0 aliphatic heterocycles. The number of benzene rings is 1. The van der Waals surface area contributed by atoms with Gasteiger partial charge in [0, 0.05) is 11.3 Å². The van der Waals surface area contributed by atoms with Crippen molar-refractivity contribution < 1.29 is 9.72 Å². The fraction of sp³-hybridized carbons (Fsp3) is 0.300. The van der Waals surface area contributed by atoms with Crippen LogP contribution in [0.15, 0.2) is 30.3 Å². The van der Waals surface area contributed by atoms with Gasteiger partial charge in [-0.3, -0.25) is 14.9 Å². The van der Waals surface area contributed by atoms with E-state index >= 15 is 0 Å². The molecule has 0 aliphatic rings. The molecule has 4 nitrogen and oxygen atoms in total. The molecule has 0 fully saturated rings. The molecule has 0 aliphatic carbocycles. The smallest absolute Gasteiger partial charge is 0.261 e. The topological polar surface area (TPSA) is 60.2 Å². The van der Waals surface area contributed by atoms with Crippen molar-refractivity contribution in [3.05, 3.63) is 46.0 Å². The molecule has 0 heterocycles. The Hall–Kier alpha value is -1.71. The van der Waals surface area contributed by atoms with E-state index in [0.29, 0.717) is 6.42 Å². The molecule has 0 bridgehead atoms. The summed E-state index contributed by atoms with van der Waals surface area (Å²) in [4.78, 5) is 20.4. The van der Waals surface area contributed by atoms with E-state index in [4.69, 9.17) is 0 Å². The number of ketones is 1. The summed E-state index contributed by atoms with van der Waals surface area (Å²) in [6.07, 6.45) is 0.818. The summed E-state index contributed by atoms with van der Waals surface area (Å²) < 4.78 is 0. The summed E-state index contributed by atoms with van der Waals surface area (Å²) in [6, 6.07) is 9.46. The molecule has 0 N–H and O–H groups in total. The van der Waals surface area contributed by atoms with E-state index in [0.717, 1.165) is 5.56 Å². The van der Waals surface area contributed by atoms with Crippen molar-refractivity contribution in [1.82, 2.24) is 0 Å². The predicted octanol–water partition coefficient (Wildman–Crippen LogP) is 1.47. The Kier molecular flexibility index (Phi) is 3.79. The number of hydrogen-bond donors (Lipinski definition) is 0. The van der Waals surface area contributed by atoms with E-state index in [9.17, 15) is 14.9 Å². The van der Waals surface area contributed by atoms with Crippen LogP contribution in [0.3, 0.4) is 0 Å². The molecule has 0 saturated carbocycles.